The molecule has 4 heteroatoms. The van der Waals surface area contributed by atoms with Gasteiger partial charge in [0.05, 0.1) is 6.20 Å². The molecule has 0 N–H and O–H groups in total. The molecule has 1 aromatic carbocycles. The van der Waals surface area contributed by atoms with Crippen LogP contribution in [0.4, 0.5) is 0 Å². The van der Waals surface area contributed by atoms with Crippen LogP contribution in [0.5, 0.6) is 0 Å². The Morgan fingerprint density at radius 1 is 1.29 bits per heavy atom. The summed E-state index contributed by atoms with van der Waals surface area (Å²) in [5.41, 5.74) is 1.67. The highest BCUT2D eigenvalue weighted by molar-refractivity contribution is 5.74. The molecule has 0 radical (unpaired) electrons. The highest BCUT2D eigenvalue weighted by Crippen LogP contribution is 2.13. The molecule has 0 fully saturated rings. The Labute approximate surface area is 81.2 Å². The highest BCUT2D eigenvalue weighted by atomic mass is 16.2. The lowest BCUT2D eigenvalue weighted by atomic mass is 10.2. The summed E-state index contributed by atoms with van der Waals surface area (Å²) in [6.07, 6.45) is 1.58. The van der Waals surface area contributed by atoms with Crippen LogP contribution in [0.3, 0.4) is 0 Å². The van der Waals surface area contributed by atoms with Gasteiger partial charge in [0.15, 0.2) is 0 Å². The first-order valence-electron chi connectivity index (χ1n) is 4.26. The van der Waals surface area contributed by atoms with Crippen molar-refractivity contribution in [2.24, 2.45) is 0 Å². The van der Waals surface area contributed by atoms with Crippen molar-refractivity contribution in [1.82, 2.24) is 15.0 Å². The second-order valence-corrected chi connectivity index (χ2v) is 2.90. The van der Waals surface area contributed by atoms with Crippen molar-refractivity contribution < 1.29 is 4.79 Å². The molecule has 0 aliphatic carbocycles. The van der Waals surface area contributed by atoms with Gasteiger partial charge in [-0.15, -0.1) is 9.90 Å². The van der Waals surface area contributed by atoms with Gasteiger partial charge >= 0.3 is 0 Å². The molecule has 1 heterocycles. The molecule has 0 spiro atoms. The van der Waals surface area contributed by atoms with E-state index in [1.54, 1.807) is 6.20 Å². The predicted octanol–water partition coefficient (Wildman–Crippen LogP) is 1.61. The zero-order valence-corrected chi connectivity index (χ0v) is 7.71. The molecule has 1 aromatic heterocycles. The summed E-state index contributed by atoms with van der Waals surface area (Å²) in [5.74, 6) is -0.188. The largest absolute Gasteiger partial charge is 0.271 e. The van der Waals surface area contributed by atoms with E-state index in [1.165, 1.54) is 6.92 Å². The number of nitrogens with zero attached hydrogens (tertiary/aromatic N) is 3. The van der Waals surface area contributed by atoms with Crippen LogP contribution in [0.2, 0.25) is 0 Å². The summed E-state index contributed by atoms with van der Waals surface area (Å²) in [6.45, 7) is 1.43. The van der Waals surface area contributed by atoms with E-state index < -0.39 is 0 Å². The molecule has 2 aromatic rings. The van der Waals surface area contributed by atoms with Crippen LogP contribution in [0, 0.1) is 0 Å². The van der Waals surface area contributed by atoms with Crippen molar-refractivity contribution in [2.45, 2.75) is 6.92 Å². The number of hydrogen-bond acceptors (Lipinski definition) is 3. The SMILES string of the molecule is CC(=O)n1ncc(-c2ccccc2)n1. The van der Waals surface area contributed by atoms with Crippen molar-refractivity contribution >= 4 is 5.91 Å². The van der Waals surface area contributed by atoms with Gasteiger partial charge in [0.2, 0.25) is 0 Å². The van der Waals surface area contributed by atoms with E-state index in [4.69, 9.17) is 0 Å². The van der Waals surface area contributed by atoms with Crippen molar-refractivity contribution in [3.63, 3.8) is 0 Å². The summed E-state index contributed by atoms with van der Waals surface area (Å²) >= 11 is 0. The first-order chi connectivity index (χ1) is 6.77. The minimum absolute atomic E-state index is 0.188. The van der Waals surface area contributed by atoms with Crippen molar-refractivity contribution in [1.29, 1.82) is 0 Å². The Hall–Kier alpha value is -1.97. The maximum absolute atomic E-state index is 10.9. The topological polar surface area (TPSA) is 47.8 Å². The lowest BCUT2D eigenvalue weighted by Gasteiger charge is -1.92. The Balaban J connectivity index is 2.39. The predicted molar refractivity (Wildman–Crippen MR) is 51.8 cm³/mol. The van der Waals surface area contributed by atoms with E-state index >= 15 is 0 Å². The summed E-state index contributed by atoms with van der Waals surface area (Å²) < 4.78 is 0. The summed E-state index contributed by atoms with van der Waals surface area (Å²) in [5, 5.41) is 7.88. The standard InChI is InChI=1S/C10H9N3O/c1-8(14)13-11-7-10(12-13)9-5-3-2-4-6-9/h2-7H,1H3. The third kappa shape index (κ3) is 1.54. The Kier molecular flexibility index (Phi) is 2.10. The molecule has 14 heavy (non-hydrogen) atoms. The summed E-state index contributed by atoms with van der Waals surface area (Å²) in [4.78, 5) is 12.0. The van der Waals surface area contributed by atoms with Crippen LogP contribution in [-0.2, 0) is 0 Å². The first kappa shape index (κ1) is 8.62. The van der Waals surface area contributed by atoms with Crippen LogP contribution in [0.1, 0.15) is 11.7 Å². The quantitative estimate of drug-likeness (QED) is 0.681. The minimum atomic E-state index is -0.188. The van der Waals surface area contributed by atoms with Crippen molar-refractivity contribution in [2.75, 3.05) is 0 Å². The molecule has 0 aliphatic heterocycles. The smallest absolute Gasteiger partial charge is 0.261 e. The van der Waals surface area contributed by atoms with Crippen molar-refractivity contribution in [3.05, 3.63) is 36.5 Å². The molecule has 0 saturated carbocycles. The second kappa shape index (κ2) is 3.41. The number of hydrogen-bond donors (Lipinski definition) is 0. The Morgan fingerprint density at radius 2 is 2.00 bits per heavy atom. The van der Waals surface area contributed by atoms with E-state index in [-0.39, 0.29) is 5.91 Å². The van der Waals surface area contributed by atoms with Crippen LogP contribution < -0.4 is 0 Å². The molecule has 0 saturated heterocycles. The van der Waals surface area contributed by atoms with Gasteiger partial charge in [-0.05, 0) is 0 Å². The zero-order valence-electron chi connectivity index (χ0n) is 7.71. The molecule has 0 atom stereocenters. The number of rotatable bonds is 1. The van der Waals surface area contributed by atoms with Gasteiger partial charge in [-0.25, -0.2) is 0 Å². The number of carbonyl (C=O) groups is 1. The maximum atomic E-state index is 10.9. The lowest BCUT2D eigenvalue weighted by Crippen LogP contribution is -2.08. The number of carbonyl (C=O) groups excluding carboxylic acids is 1. The monoisotopic (exact) mass is 187 g/mol. The second-order valence-electron chi connectivity index (χ2n) is 2.90. The van der Waals surface area contributed by atoms with E-state index in [2.05, 4.69) is 10.2 Å². The lowest BCUT2D eigenvalue weighted by molar-refractivity contribution is 0.0903. The van der Waals surface area contributed by atoms with Gasteiger partial charge < -0.3 is 0 Å². The van der Waals surface area contributed by atoms with E-state index in [0.29, 0.717) is 5.69 Å². The zero-order chi connectivity index (χ0) is 9.97. The normalized spacial score (nSPS) is 10.1. The maximum Gasteiger partial charge on any atom is 0.261 e. The Bertz CT molecular complexity index is 447. The van der Waals surface area contributed by atoms with Gasteiger partial charge in [-0.1, -0.05) is 30.3 Å². The molecule has 4 nitrogen and oxygen atoms in total. The fourth-order valence-corrected chi connectivity index (χ4v) is 1.16. The summed E-state index contributed by atoms with van der Waals surface area (Å²) in [7, 11) is 0. The minimum Gasteiger partial charge on any atom is -0.271 e. The van der Waals surface area contributed by atoms with E-state index in [1.807, 2.05) is 30.3 Å². The van der Waals surface area contributed by atoms with Crippen LogP contribution in [0.15, 0.2) is 36.5 Å². The fourth-order valence-electron chi connectivity index (χ4n) is 1.16. The summed E-state index contributed by atoms with van der Waals surface area (Å²) in [6, 6.07) is 9.62. The first-order valence-corrected chi connectivity index (χ1v) is 4.26. The van der Waals surface area contributed by atoms with Gasteiger partial charge in [0.1, 0.15) is 5.69 Å². The van der Waals surface area contributed by atoms with Crippen LogP contribution in [0.25, 0.3) is 11.3 Å². The van der Waals surface area contributed by atoms with E-state index in [9.17, 15) is 4.79 Å². The molecule has 0 aliphatic rings. The van der Waals surface area contributed by atoms with Crippen LogP contribution in [-0.4, -0.2) is 20.9 Å². The molecule has 70 valence electrons. The molecule has 0 bridgehead atoms. The van der Waals surface area contributed by atoms with Gasteiger partial charge in [0, 0.05) is 12.5 Å². The van der Waals surface area contributed by atoms with Crippen molar-refractivity contribution in [3.8, 4) is 11.3 Å². The van der Waals surface area contributed by atoms with Gasteiger partial charge in [-0.2, -0.15) is 5.10 Å². The number of benzene rings is 1. The molecule has 0 unspecified atom stereocenters. The fraction of sp³-hybridized carbons (Fsp3) is 0.100. The molecule has 2 rings (SSSR count). The molecule has 0 amide bonds. The molecular formula is C10H9N3O. The van der Waals surface area contributed by atoms with Crippen LogP contribution >= 0.6 is 0 Å². The number of aromatic nitrogens is 3. The third-order valence-corrected chi connectivity index (χ3v) is 1.84. The van der Waals surface area contributed by atoms with Gasteiger partial charge in [-0.3, -0.25) is 4.79 Å². The van der Waals surface area contributed by atoms with Gasteiger partial charge in [0.25, 0.3) is 5.91 Å². The highest BCUT2D eigenvalue weighted by Gasteiger charge is 2.04. The average Bonchev–Trinajstić information content (AvgIpc) is 2.68. The van der Waals surface area contributed by atoms with E-state index in [0.717, 1.165) is 10.4 Å². The molecular weight excluding hydrogens is 178 g/mol. The third-order valence-electron chi connectivity index (χ3n) is 1.84. The Morgan fingerprint density at radius 3 is 2.57 bits per heavy atom. The average molecular weight is 187 g/mol.